The van der Waals surface area contributed by atoms with Crippen LogP contribution in [0, 0.1) is 5.41 Å². The van der Waals surface area contributed by atoms with Crippen molar-refractivity contribution < 1.29 is 152 Å². The number of Topliss-reactive ketones (excluding diaryl/α,β-unsaturated/α-hetero) is 1. The van der Waals surface area contributed by atoms with Crippen LogP contribution in [0.4, 0.5) is 68.0 Å². The number of hydrogen-bond donors (Lipinski definition) is 9. The van der Waals surface area contributed by atoms with E-state index in [1.165, 1.54) is 50.8 Å². The normalized spacial score (nSPS) is 14.0. The second-order valence-electron chi connectivity index (χ2n) is 24.5. The van der Waals surface area contributed by atoms with Gasteiger partial charge in [0.1, 0.15) is 60.9 Å². The van der Waals surface area contributed by atoms with Gasteiger partial charge < -0.3 is 80.3 Å². The number of nitrogens with zero attached hydrogens (tertiary/aromatic N) is 4. The van der Waals surface area contributed by atoms with Crippen molar-refractivity contribution in [3.05, 3.63) is 206 Å². The van der Waals surface area contributed by atoms with Crippen LogP contribution in [-0.2, 0) is 68.8 Å². The minimum absolute atomic E-state index is 0. The zero-order valence-corrected chi connectivity index (χ0v) is 133. The van der Waals surface area contributed by atoms with Gasteiger partial charge in [-0.2, -0.15) is 25.3 Å². The molecular formula is C73H85F9I27N12O22S4-. The number of primary sulfonamides is 1. The summed E-state index contributed by atoms with van der Waals surface area (Å²) in [4.78, 5) is 41.7. The molecular weight excluding hydrogens is 5120 g/mol. The number of ether oxygens (including phenoxy) is 8. The van der Waals surface area contributed by atoms with Crippen molar-refractivity contribution in [3.63, 3.8) is 0 Å². The van der Waals surface area contributed by atoms with Crippen LogP contribution < -0.4 is 75.6 Å². The minimum atomic E-state index is -4.95. The predicted molar refractivity (Wildman–Crippen MR) is 786 cm³/mol. The molecule has 0 saturated heterocycles. The maximum Gasteiger partial charge on any atom is 0.573 e. The first kappa shape index (κ1) is 152. The number of halogens is 36. The van der Waals surface area contributed by atoms with Gasteiger partial charge in [0.2, 0.25) is 27.6 Å². The molecule has 11 rings (SSSR count). The molecule has 2 atom stereocenters. The third-order valence-electron chi connectivity index (χ3n) is 15.2. The van der Waals surface area contributed by atoms with Crippen molar-refractivity contribution >= 4 is 459 Å². The first-order valence-electron chi connectivity index (χ1n) is 36.7. The molecule has 4 heterocycles. The topological polar surface area (TPSA) is 537 Å². The number of ketones is 1. The van der Waals surface area contributed by atoms with Crippen molar-refractivity contribution in [2.24, 2.45) is 19.7 Å². The number of carbonyl (C=O) groups is 3. The molecule has 0 saturated carbocycles. The third kappa shape index (κ3) is 55.9. The molecule has 74 heteroatoms. The van der Waals surface area contributed by atoms with Crippen molar-refractivity contribution in [3.8, 4) is 28.7 Å². The number of nitrogens with two attached hydrogens (primary N) is 5. The zero-order valence-electron chi connectivity index (χ0n) is 71.7. The molecule has 0 bridgehead atoms. The Balaban J connectivity index is 0.000000857. The van der Waals surface area contributed by atoms with Gasteiger partial charge in [0, 0.05) is 42.9 Å². The molecule has 9 aromatic rings. The van der Waals surface area contributed by atoms with Gasteiger partial charge in [0.05, 0.1) is 81.0 Å². The minimum Gasteiger partial charge on any atom is -0.448 e. The van der Waals surface area contributed by atoms with E-state index in [1.807, 2.05) is 60.7 Å². The van der Waals surface area contributed by atoms with Crippen molar-refractivity contribution in [1.82, 2.24) is 9.97 Å². The van der Waals surface area contributed by atoms with Gasteiger partial charge in [0.25, 0.3) is 36.1 Å². The second kappa shape index (κ2) is 75.9. The van der Waals surface area contributed by atoms with E-state index >= 15 is 0 Å². The molecule has 7 aromatic carbocycles. The molecule has 147 heavy (non-hydrogen) atoms. The number of hydrogen-bond acceptors (Lipinski definition) is 30. The second-order valence-corrected chi connectivity index (χ2v) is 632. The van der Waals surface area contributed by atoms with Gasteiger partial charge in [0.15, 0.2) is 11.6 Å². The largest absolute Gasteiger partial charge is 0.573 e. The number of methoxy groups -OCH3 is 2. The number of amidine groups is 2. The van der Waals surface area contributed by atoms with Crippen molar-refractivity contribution in [2.45, 2.75) is 106 Å². The molecule has 0 amide bonds. The van der Waals surface area contributed by atoms with E-state index in [4.69, 9.17) is 61.1 Å². The van der Waals surface area contributed by atoms with E-state index in [0.717, 1.165) is 47.5 Å². The number of nitrogens with one attached hydrogen (secondary N) is 3. The number of benzene rings is 7. The van der Waals surface area contributed by atoms with Crippen LogP contribution in [0.25, 0.3) is 0 Å². The summed E-state index contributed by atoms with van der Waals surface area (Å²) in [5, 5.41) is 17.1. The molecule has 2 unspecified atom stereocenters. The summed E-state index contributed by atoms with van der Waals surface area (Å²) >= 11 is 44.4. The van der Waals surface area contributed by atoms with Gasteiger partial charge >= 0.3 is 400 Å². The number of sulfonamides is 3. The van der Waals surface area contributed by atoms with Crippen LogP contribution in [0.5, 0.6) is 28.7 Å². The first-order chi connectivity index (χ1) is 67.0. The summed E-state index contributed by atoms with van der Waals surface area (Å²) in [6.07, 6.45) is -7.81. The van der Waals surface area contributed by atoms with Crippen LogP contribution in [0.2, 0.25) is 0 Å². The van der Waals surface area contributed by atoms with Crippen LogP contribution in [0.1, 0.15) is 90.6 Å². The third-order valence-corrected chi connectivity index (χ3v) is 1920. The van der Waals surface area contributed by atoms with Crippen LogP contribution in [-0.4, -0.2) is 143 Å². The van der Waals surface area contributed by atoms with Crippen molar-refractivity contribution in [1.29, 1.82) is 5.41 Å². The molecule has 2 aliphatic heterocycles. The Kier molecular flexibility index (Phi) is 78.5. The molecule has 14 N–H and O–H groups in total. The molecule has 34 nitrogen and oxygen atoms in total. The molecule has 0 spiro atoms. The maximum absolute atomic E-state index is 12.8. The van der Waals surface area contributed by atoms with E-state index in [-0.39, 0.29) is 114 Å². The molecule has 2 aromatic heterocycles. The van der Waals surface area contributed by atoms with E-state index in [9.17, 15) is 87.6 Å². The summed E-state index contributed by atoms with van der Waals surface area (Å²) in [5.41, 5.74) is 23.8. The van der Waals surface area contributed by atoms with Gasteiger partial charge in [-0.3, -0.25) is 14.8 Å². The van der Waals surface area contributed by atoms with Crippen LogP contribution >= 0.6 is 355 Å². The first-order valence-corrected chi connectivity index (χ1v) is 206. The van der Waals surface area contributed by atoms with Gasteiger partial charge in [-0.15, -0.1) is 48.3 Å². The Hall–Kier alpha value is 7.14. The number of nitrogen functional groups attached to an aromatic ring is 3. The quantitative estimate of drug-likeness (QED) is 0.00360. The summed E-state index contributed by atoms with van der Waals surface area (Å²) < 4.78 is 259. The van der Waals surface area contributed by atoms with E-state index in [1.54, 1.807) is 57.6 Å². The molecule has 0 radical (unpaired) electrons. The Morgan fingerprint density at radius 3 is 1.22 bits per heavy atom. The number of esters is 2. The Bertz CT molecular complexity index is 6080. The summed E-state index contributed by atoms with van der Waals surface area (Å²) in [7, 11) is -19.1. The summed E-state index contributed by atoms with van der Waals surface area (Å²) in [6, 6.07) is 38.2. The Morgan fingerprint density at radius 1 is 0.497 bits per heavy atom. The molecule has 2 aliphatic rings. The number of rotatable bonds is 32. The van der Waals surface area contributed by atoms with Crippen LogP contribution in [0.15, 0.2) is 220 Å². The maximum atomic E-state index is 12.8. The molecule has 0 aliphatic carbocycles. The Labute approximate surface area is 1030 Å². The fourth-order valence-corrected chi connectivity index (χ4v) is 4410. The number of anilines is 5. The van der Waals surface area contributed by atoms with Crippen LogP contribution in [0.3, 0.4) is 0 Å². The number of aromatic nitrogens is 2. The smallest absolute Gasteiger partial charge is 0.448 e. The summed E-state index contributed by atoms with van der Waals surface area (Å²) in [5.74, 6) is -2.87. The number of fused-ring (bicyclic) bond motifs is 2. The number of carbonyl (C=O) groups excluding carboxylic acids is 3. The Morgan fingerprint density at radius 2 is 0.857 bits per heavy atom. The van der Waals surface area contributed by atoms with E-state index < -0.39 is 183 Å². The molecule has 0 fully saturated rings. The predicted octanol–water partition coefficient (Wildman–Crippen LogP) is 32.8. The summed E-state index contributed by atoms with van der Waals surface area (Å²) in [6.45, 7) is 6.23. The fraction of sp³-hybridized carbons (Fsp3) is 0.260. The average molecular weight is 5210 g/mol. The SMILES string of the molecule is C.C.C.CCOC(=N)C(=O)OCC.CCOC(=O)C1=NS(=O)(=O)c2cc(OC)ccc2N1.COc1ccc2c(c1)S(=O)(=O)N=C(C(=O)CCC(c1ccccc1)c1ncco1)N2.I[I-]I(I)I(I)I(I)I(I)I(I)I(I)I(I)I(I)I(I)I(I)I(I)I(I)I.NCC(c1ccccc1)c1ncco1.Nc1ccc(OC(F)(F)F)cc1.Nc1ccc(OC(F)(F)F)cc1S(=O)(=O)O.Nc1ccc(OC(F)(F)F)cc1S(N)(=O)=O. The van der Waals surface area contributed by atoms with Gasteiger partial charge in [-0.05, 0) is 111 Å². The number of oxazole rings is 2. The average Bonchev–Trinajstić information content (AvgIpc) is 1.75. The van der Waals surface area contributed by atoms with Gasteiger partial charge in [-0.1, -0.05) is 82.9 Å². The number of alkyl halides is 9. The standard InChI is InChI=1S/C21H19N3O5S.C11H12N2O5S.C11H12N2O.C7H7F3N2O3S.C7H6F3NO4S.C7H6F3NO.C6H11NO3.3CH4.I27/c1-28-15-7-9-17-19(13-15)30(26,27)24-20(23-17)18(25)10-8-16(21-22-11-12-29-21)14-5-3-2-4-6-14;1-3-18-11(14)10-12-8-5-4-7(17-2)6-9(8)19(15,16)13-10;12-8-10(11-13-6-7-14-11)9-4-2-1-3-5-9;2*8-7(9,10)15-4-1-2-5(11)6(3-4)16(12,13)14;8-7(9,10)12-6-3-1-5(11)2-4-6;1-3-9-5(7)6(8)10-4-2;;;;1-15-17(4)19(6)21(8)23(10)25(12)27(14)26(13)24(11)22(9)20(7)18(5)16(2)3/h2-7,9,11-13,16H,8,10H2,1H3,(H,23,24);4-6H,3H2,1-2H3,(H,12,13);1-7,10H,8,12H2;1-3H,11H2,(H2,12,13,14);1-3H,11H2,(H,12,13,14);1-4H,11H2;7H,3-4H2,1-2H3;3*1H4;/q;;;;;;;;;;-1. The monoisotopic (exact) mass is 5210 g/mol. The fourth-order valence-electron chi connectivity index (χ4n) is 9.62. The van der Waals surface area contributed by atoms with Gasteiger partial charge in [-0.25, -0.2) is 33.1 Å². The van der Waals surface area contributed by atoms with E-state index in [0.29, 0.717) is 79.6 Å². The van der Waals surface area contributed by atoms with E-state index in [2.05, 4.69) is 314 Å². The zero-order chi connectivity index (χ0) is 109. The van der Waals surface area contributed by atoms with Crippen molar-refractivity contribution in [2.75, 3.05) is 68.4 Å². The molecule has 846 valence electrons.